The van der Waals surface area contributed by atoms with Crippen molar-refractivity contribution in [1.82, 2.24) is 9.66 Å². The maximum absolute atomic E-state index is 13.5. The molecule has 5 rings (SSSR count). The van der Waals surface area contributed by atoms with E-state index in [2.05, 4.69) is 26.0 Å². The lowest BCUT2D eigenvalue weighted by atomic mass is 10.2. The van der Waals surface area contributed by atoms with Gasteiger partial charge in [-0.15, -0.1) is 0 Å². The second-order valence-corrected chi connectivity index (χ2v) is 9.36. The summed E-state index contributed by atoms with van der Waals surface area (Å²) >= 11 is 9.90. The van der Waals surface area contributed by atoms with Gasteiger partial charge in [0.1, 0.15) is 10.6 Å². The van der Waals surface area contributed by atoms with Gasteiger partial charge in [-0.2, -0.15) is 9.78 Å². The SMILES string of the molecule is COc1cc(C=Nn2c(-c3cc4ccccc4o3)nc3ccccc3c2=O)c(Br)c(Cl)c1O[C@H](C)C(=O)O. The minimum atomic E-state index is -1.17. The third kappa shape index (κ3) is 4.64. The van der Waals surface area contributed by atoms with E-state index in [9.17, 15) is 14.7 Å². The Labute approximate surface area is 229 Å². The van der Waals surface area contributed by atoms with Crippen LogP contribution >= 0.6 is 27.5 Å². The third-order valence-electron chi connectivity index (χ3n) is 5.73. The van der Waals surface area contributed by atoms with Crippen molar-refractivity contribution in [2.75, 3.05) is 7.11 Å². The molecule has 11 heteroatoms. The number of furan rings is 1. The van der Waals surface area contributed by atoms with Crippen LogP contribution in [-0.2, 0) is 4.79 Å². The van der Waals surface area contributed by atoms with Crippen LogP contribution in [0.2, 0.25) is 5.02 Å². The zero-order chi connectivity index (χ0) is 27.0. The van der Waals surface area contributed by atoms with Gasteiger partial charge in [-0.25, -0.2) is 9.78 Å². The zero-order valence-electron chi connectivity index (χ0n) is 20.0. The molecule has 0 aliphatic heterocycles. The highest BCUT2D eigenvalue weighted by molar-refractivity contribution is 9.10. The number of halogens is 2. The number of rotatable bonds is 7. The second-order valence-electron chi connectivity index (χ2n) is 8.19. The number of aromatic nitrogens is 2. The largest absolute Gasteiger partial charge is 0.493 e. The van der Waals surface area contributed by atoms with Crippen LogP contribution in [0, 0.1) is 0 Å². The minimum absolute atomic E-state index is 0.0561. The van der Waals surface area contributed by atoms with Crippen LogP contribution in [0.1, 0.15) is 12.5 Å². The molecule has 192 valence electrons. The quantitative estimate of drug-likeness (QED) is 0.230. The zero-order valence-corrected chi connectivity index (χ0v) is 22.4. The Balaban J connectivity index is 1.66. The van der Waals surface area contributed by atoms with Crippen LogP contribution < -0.4 is 15.0 Å². The lowest BCUT2D eigenvalue weighted by Gasteiger charge is -2.17. The van der Waals surface area contributed by atoms with Gasteiger partial charge in [-0.05, 0) is 53.2 Å². The van der Waals surface area contributed by atoms with E-state index in [0.29, 0.717) is 32.3 Å². The van der Waals surface area contributed by atoms with E-state index in [4.69, 9.17) is 25.5 Å². The molecule has 2 aromatic heterocycles. The van der Waals surface area contributed by atoms with Crippen molar-refractivity contribution in [2.45, 2.75) is 13.0 Å². The summed E-state index contributed by atoms with van der Waals surface area (Å²) < 4.78 is 18.4. The lowest BCUT2D eigenvalue weighted by molar-refractivity contribution is -0.144. The average Bonchev–Trinajstić information content (AvgIpc) is 3.35. The fraction of sp³-hybridized carbons (Fsp3) is 0.111. The molecule has 5 aromatic rings. The van der Waals surface area contributed by atoms with Gasteiger partial charge in [0.15, 0.2) is 23.4 Å². The molecule has 9 nitrogen and oxygen atoms in total. The molecular weight excluding hydrogens is 578 g/mol. The molecule has 2 heterocycles. The highest BCUT2D eigenvalue weighted by Gasteiger charge is 2.22. The molecule has 38 heavy (non-hydrogen) atoms. The summed E-state index contributed by atoms with van der Waals surface area (Å²) in [5.41, 5.74) is 1.19. The molecule has 3 aromatic carbocycles. The molecule has 0 fully saturated rings. The second kappa shape index (κ2) is 10.3. The van der Waals surface area contributed by atoms with E-state index in [1.807, 2.05) is 24.3 Å². The van der Waals surface area contributed by atoms with Crippen LogP contribution in [-0.4, -0.2) is 40.2 Å². The lowest BCUT2D eigenvalue weighted by Crippen LogP contribution is -2.23. The number of aliphatic carboxylic acids is 1. The first kappa shape index (κ1) is 25.5. The van der Waals surface area contributed by atoms with Gasteiger partial charge in [-0.1, -0.05) is 41.9 Å². The summed E-state index contributed by atoms with van der Waals surface area (Å²) in [7, 11) is 1.40. The fourth-order valence-electron chi connectivity index (χ4n) is 3.79. The van der Waals surface area contributed by atoms with E-state index in [-0.39, 0.29) is 22.3 Å². The minimum Gasteiger partial charge on any atom is -0.493 e. The Morgan fingerprint density at radius 2 is 1.95 bits per heavy atom. The molecule has 0 spiro atoms. The Morgan fingerprint density at radius 3 is 2.68 bits per heavy atom. The molecule has 0 unspecified atom stereocenters. The maximum Gasteiger partial charge on any atom is 0.344 e. The first-order chi connectivity index (χ1) is 18.3. The van der Waals surface area contributed by atoms with Crippen LogP contribution in [0.3, 0.4) is 0 Å². The van der Waals surface area contributed by atoms with Crippen molar-refractivity contribution in [1.29, 1.82) is 0 Å². The van der Waals surface area contributed by atoms with E-state index >= 15 is 0 Å². The smallest absolute Gasteiger partial charge is 0.344 e. The van der Waals surface area contributed by atoms with Crippen molar-refractivity contribution in [2.24, 2.45) is 5.10 Å². The van der Waals surface area contributed by atoms with Crippen molar-refractivity contribution in [3.05, 3.63) is 86.1 Å². The normalized spacial score (nSPS) is 12.3. The molecule has 1 N–H and O–H groups in total. The van der Waals surface area contributed by atoms with Crippen molar-refractivity contribution >= 4 is 61.6 Å². The van der Waals surface area contributed by atoms with E-state index in [0.717, 1.165) is 10.1 Å². The molecule has 0 aliphatic carbocycles. The molecule has 0 saturated carbocycles. The highest BCUT2D eigenvalue weighted by Crippen LogP contribution is 2.42. The number of methoxy groups -OCH3 is 1. The topological polar surface area (TPSA) is 116 Å². The Hall–Kier alpha value is -4.15. The van der Waals surface area contributed by atoms with E-state index in [1.54, 1.807) is 36.4 Å². The van der Waals surface area contributed by atoms with Crippen molar-refractivity contribution in [3.8, 4) is 23.1 Å². The van der Waals surface area contributed by atoms with Gasteiger partial charge >= 0.3 is 5.97 Å². The summed E-state index contributed by atoms with van der Waals surface area (Å²) in [6, 6.07) is 17.8. The molecule has 1 atom stereocenters. The van der Waals surface area contributed by atoms with Crippen LogP contribution in [0.5, 0.6) is 11.5 Å². The molecule has 0 saturated heterocycles. The molecule has 0 bridgehead atoms. The van der Waals surface area contributed by atoms with Gasteiger partial charge in [0.05, 0.1) is 24.2 Å². The van der Waals surface area contributed by atoms with Gasteiger partial charge in [0.25, 0.3) is 5.56 Å². The number of para-hydroxylation sites is 2. The van der Waals surface area contributed by atoms with Gasteiger partial charge in [-0.3, -0.25) is 4.79 Å². The number of fused-ring (bicyclic) bond motifs is 2. The highest BCUT2D eigenvalue weighted by atomic mass is 79.9. The predicted molar refractivity (Wildman–Crippen MR) is 148 cm³/mol. The van der Waals surface area contributed by atoms with E-state index in [1.165, 1.54) is 20.2 Å². The van der Waals surface area contributed by atoms with Crippen LogP contribution in [0.4, 0.5) is 0 Å². The number of hydrogen-bond acceptors (Lipinski definition) is 7. The van der Waals surface area contributed by atoms with Crippen LogP contribution in [0.15, 0.2) is 79.4 Å². The maximum atomic E-state index is 13.5. The molecule has 0 radical (unpaired) electrons. The average molecular weight is 597 g/mol. The number of benzene rings is 3. The predicted octanol–water partition coefficient (Wildman–Crippen LogP) is 5.97. The fourth-order valence-corrected chi connectivity index (χ4v) is 4.43. The molecule has 0 aliphatic rings. The number of ether oxygens (including phenoxy) is 2. The summed E-state index contributed by atoms with van der Waals surface area (Å²) in [6.45, 7) is 1.38. The number of nitrogens with zero attached hydrogens (tertiary/aromatic N) is 3. The van der Waals surface area contributed by atoms with Gasteiger partial charge < -0.3 is 19.0 Å². The molecule has 0 amide bonds. The van der Waals surface area contributed by atoms with Crippen molar-refractivity contribution < 1.29 is 23.8 Å². The first-order valence-electron chi connectivity index (χ1n) is 11.3. The monoisotopic (exact) mass is 595 g/mol. The standard InChI is InChI=1S/C27H19BrClN3O6/c1-14(27(34)35)37-24-20(36-2)12-16(22(28)23(24)29)13-30-32-25(21-11-15-7-3-6-10-19(15)38-21)31-18-9-5-4-8-17(18)26(32)33/h3-14H,1-2H3,(H,34,35)/t14-/m1/s1. The Morgan fingerprint density at radius 1 is 1.21 bits per heavy atom. The summed E-state index contributed by atoms with van der Waals surface area (Å²) in [5, 5.41) is 15.0. The Kier molecular flexibility index (Phi) is 6.92. The first-order valence-corrected chi connectivity index (χ1v) is 12.5. The molecular formula is C27H19BrClN3O6. The van der Waals surface area contributed by atoms with Gasteiger partial charge in [0.2, 0.25) is 5.82 Å². The van der Waals surface area contributed by atoms with Crippen molar-refractivity contribution in [3.63, 3.8) is 0 Å². The summed E-state index contributed by atoms with van der Waals surface area (Å²) in [4.78, 5) is 29.4. The number of carbonyl (C=O) groups is 1. The summed E-state index contributed by atoms with van der Waals surface area (Å²) in [5.74, 6) is -0.334. The van der Waals surface area contributed by atoms with E-state index < -0.39 is 17.6 Å². The Bertz CT molecular complexity index is 1760. The van der Waals surface area contributed by atoms with Gasteiger partial charge in [0, 0.05) is 15.4 Å². The third-order valence-corrected chi connectivity index (χ3v) is 7.17. The number of carboxylic acids is 1. The van der Waals surface area contributed by atoms with Crippen LogP contribution in [0.25, 0.3) is 33.5 Å². The number of hydrogen-bond donors (Lipinski definition) is 1. The summed E-state index contributed by atoms with van der Waals surface area (Å²) in [6.07, 6.45) is 0.244. The number of carboxylic acid groups (broad SMARTS) is 1.